The number of carbonyl (C=O) groups excluding carboxylic acids is 3. The Bertz CT molecular complexity index is 769. The number of anilines is 1. The van der Waals surface area contributed by atoms with E-state index in [9.17, 15) is 14.4 Å². The van der Waals surface area contributed by atoms with Crippen LogP contribution in [0.5, 0.6) is 0 Å². The fourth-order valence-corrected chi connectivity index (χ4v) is 2.51. The first-order valence-electron chi connectivity index (χ1n) is 6.77. The first-order chi connectivity index (χ1) is 11.0. The highest BCUT2D eigenvalue weighted by Gasteiger charge is 2.37. The summed E-state index contributed by atoms with van der Waals surface area (Å²) in [5.74, 6) is -1.08. The summed E-state index contributed by atoms with van der Waals surface area (Å²) in [4.78, 5) is 38.0. The lowest BCUT2D eigenvalue weighted by atomic mass is 10.1. The van der Waals surface area contributed by atoms with Crippen LogP contribution in [0.4, 0.5) is 10.5 Å². The van der Waals surface area contributed by atoms with Gasteiger partial charge in [-0.05, 0) is 36.4 Å². The van der Waals surface area contributed by atoms with E-state index < -0.39 is 17.8 Å². The fraction of sp³-hybridized carbons (Fsp3) is 0.0625. The molecule has 1 heterocycles. The van der Waals surface area contributed by atoms with Crippen molar-refractivity contribution < 1.29 is 14.4 Å². The maximum Gasteiger partial charge on any atom is 0.340 e. The number of nitrogens with zero attached hydrogens (tertiary/aromatic N) is 2. The van der Waals surface area contributed by atoms with Crippen molar-refractivity contribution in [3.05, 3.63) is 64.1 Å². The highest BCUT2D eigenvalue weighted by molar-refractivity contribution is 9.10. The summed E-state index contributed by atoms with van der Waals surface area (Å²) in [6.45, 7) is 0. The first kappa shape index (κ1) is 15.2. The van der Waals surface area contributed by atoms with Gasteiger partial charge in [-0.15, -0.1) is 0 Å². The summed E-state index contributed by atoms with van der Waals surface area (Å²) in [6, 6.07) is 12.9. The number of amides is 4. The SMILES string of the molecule is CN(C(=O)NN1C(=O)c2ccccc2C1=O)c1ccc(Br)cc1. The van der Waals surface area contributed by atoms with Gasteiger partial charge >= 0.3 is 6.03 Å². The average molecular weight is 374 g/mol. The fourth-order valence-electron chi connectivity index (χ4n) is 2.24. The summed E-state index contributed by atoms with van der Waals surface area (Å²) >= 11 is 3.32. The van der Waals surface area contributed by atoms with Gasteiger partial charge in [0, 0.05) is 17.2 Å². The molecule has 0 unspecified atom stereocenters. The Labute approximate surface area is 140 Å². The summed E-state index contributed by atoms with van der Waals surface area (Å²) in [7, 11) is 1.55. The van der Waals surface area contributed by atoms with Crippen LogP contribution < -0.4 is 10.3 Å². The molecule has 2 aromatic rings. The van der Waals surface area contributed by atoms with Crippen LogP contribution in [0.15, 0.2) is 53.0 Å². The number of hydrogen-bond donors (Lipinski definition) is 1. The number of benzene rings is 2. The van der Waals surface area contributed by atoms with E-state index in [0.717, 1.165) is 9.48 Å². The van der Waals surface area contributed by atoms with Crippen molar-refractivity contribution in [1.82, 2.24) is 10.4 Å². The van der Waals surface area contributed by atoms with Crippen LogP contribution in [0, 0.1) is 0 Å². The van der Waals surface area contributed by atoms with Crippen molar-refractivity contribution in [2.45, 2.75) is 0 Å². The van der Waals surface area contributed by atoms with Crippen molar-refractivity contribution in [1.29, 1.82) is 0 Å². The minimum Gasteiger partial charge on any atom is -0.296 e. The number of halogens is 1. The van der Waals surface area contributed by atoms with E-state index in [4.69, 9.17) is 0 Å². The van der Waals surface area contributed by atoms with E-state index in [1.807, 2.05) is 0 Å². The predicted molar refractivity (Wildman–Crippen MR) is 88.0 cm³/mol. The molecular formula is C16H12BrN3O3. The Balaban J connectivity index is 1.77. The number of hydrogen-bond acceptors (Lipinski definition) is 3. The molecule has 0 aliphatic carbocycles. The smallest absolute Gasteiger partial charge is 0.296 e. The van der Waals surface area contributed by atoms with Crippen LogP contribution in [0.1, 0.15) is 20.7 Å². The normalized spacial score (nSPS) is 13.0. The van der Waals surface area contributed by atoms with Crippen molar-refractivity contribution >= 4 is 39.5 Å². The number of hydrazine groups is 1. The number of imide groups is 1. The van der Waals surface area contributed by atoms with Crippen molar-refractivity contribution in [2.24, 2.45) is 0 Å². The molecule has 1 N–H and O–H groups in total. The van der Waals surface area contributed by atoms with E-state index in [1.165, 1.54) is 4.90 Å². The minimum atomic E-state index is -0.582. The second-order valence-corrected chi connectivity index (χ2v) is 5.86. The molecule has 7 heteroatoms. The molecule has 0 spiro atoms. The topological polar surface area (TPSA) is 69.7 Å². The van der Waals surface area contributed by atoms with Gasteiger partial charge in [-0.3, -0.25) is 14.5 Å². The molecular weight excluding hydrogens is 362 g/mol. The quantitative estimate of drug-likeness (QED) is 0.822. The molecule has 6 nitrogen and oxygen atoms in total. The molecule has 0 saturated carbocycles. The maximum absolute atomic E-state index is 12.3. The Morgan fingerprint density at radius 1 is 1.00 bits per heavy atom. The van der Waals surface area contributed by atoms with E-state index in [1.54, 1.807) is 55.6 Å². The third-order valence-electron chi connectivity index (χ3n) is 3.52. The molecule has 0 saturated heterocycles. The van der Waals surface area contributed by atoms with Gasteiger partial charge in [0.05, 0.1) is 11.1 Å². The third kappa shape index (κ3) is 2.70. The maximum atomic E-state index is 12.3. The van der Waals surface area contributed by atoms with E-state index >= 15 is 0 Å². The molecule has 23 heavy (non-hydrogen) atoms. The molecule has 0 fully saturated rings. The van der Waals surface area contributed by atoms with Gasteiger partial charge in [-0.25, -0.2) is 10.2 Å². The molecule has 116 valence electrons. The summed E-state index contributed by atoms with van der Waals surface area (Å²) in [5.41, 5.74) is 3.54. The zero-order valence-electron chi connectivity index (χ0n) is 12.1. The van der Waals surface area contributed by atoms with Gasteiger partial charge in [0.25, 0.3) is 11.8 Å². The van der Waals surface area contributed by atoms with Crippen molar-refractivity contribution in [3.8, 4) is 0 Å². The molecule has 0 radical (unpaired) electrons. The monoisotopic (exact) mass is 373 g/mol. The molecule has 0 aromatic heterocycles. The van der Waals surface area contributed by atoms with Crippen LogP contribution in [0.2, 0.25) is 0 Å². The Hall–Kier alpha value is -2.67. The van der Waals surface area contributed by atoms with E-state index in [-0.39, 0.29) is 11.1 Å². The highest BCUT2D eigenvalue weighted by atomic mass is 79.9. The lowest BCUT2D eigenvalue weighted by Gasteiger charge is -2.22. The van der Waals surface area contributed by atoms with Crippen molar-refractivity contribution in [2.75, 3.05) is 11.9 Å². The molecule has 1 aliphatic rings. The lowest BCUT2D eigenvalue weighted by Crippen LogP contribution is -2.50. The van der Waals surface area contributed by atoms with E-state index in [0.29, 0.717) is 5.69 Å². The minimum absolute atomic E-state index is 0.282. The summed E-state index contributed by atoms with van der Waals surface area (Å²) in [6.07, 6.45) is 0. The van der Waals surface area contributed by atoms with Gasteiger partial charge < -0.3 is 0 Å². The van der Waals surface area contributed by atoms with Gasteiger partial charge in [-0.1, -0.05) is 28.1 Å². The number of nitrogens with one attached hydrogen (secondary N) is 1. The van der Waals surface area contributed by atoms with E-state index in [2.05, 4.69) is 21.4 Å². The van der Waals surface area contributed by atoms with Crippen molar-refractivity contribution in [3.63, 3.8) is 0 Å². The molecule has 0 atom stereocenters. The van der Waals surface area contributed by atoms with Gasteiger partial charge in [0.1, 0.15) is 0 Å². The number of urea groups is 1. The lowest BCUT2D eigenvalue weighted by molar-refractivity contribution is 0.0590. The Morgan fingerprint density at radius 3 is 2.04 bits per heavy atom. The van der Waals surface area contributed by atoms with Gasteiger partial charge in [-0.2, -0.15) is 5.01 Å². The van der Waals surface area contributed by atoms with Crippen LogP contribution in [0.3, 0.4) is 0 Å². The van der Waals surface area contributed by atoms with Gasteiger partial charge in [0.2, 0.25) is 0 Å². The zero-order chi connectivity index (χ0) is 16.6. The van der Waals surface area contributed by atoms with Crippen LogP contribution in [0.25, 0.3) is 0 Å². The van der Waals surface area contributed by atoms with Gasteiger partial charge in [0.15, 0.2) is 0 Å². The molecule has 3 rings (SSSR count). The number of carbonyl (C=O) groups is 3. The third-order valence-corrected chi connectivity index (χ3v) is 4.05. The van der Waals surface area contributed by atoms with Crippen LogP contribution in [-0.2, 0) is 0 Å². The summed E-state index contributed by atoms with van der Waals surface area (Å²) < 4.78 is 0.885. The highest BCUT2D eigenvalue weighted by Crippen LogP contribution is 2.21. The molecule has 2 aromatic carbocycles. The zero-order valence-corrected chi connectivity index (χ0v) is 13.7. The van der Waals surface area contributed by atoms with Crippen LogP contribution >= 0.6 is 15.9 Å². The molecule has 4 amide bonds. The second-order valence-electron chi connectivity index (χ2n) is 4.94. The molecule has 1 aliphatic heterocycles. The average Bonchev–Trinajstić information content (AvgIpc) is 2.80. The largest absolute Gasteiger partial charge is 0.340 e. The Kier molecular flexibility index (Phi) is 3.87. The summed E-state index contributed by atoms with van der Waals surface area (Å²) in [5, 5.41) is 0.738. The second kappa shape index (κ2) is 5.85. The number of fused-ring (bicyclic) bond motifs is 1. The molecule has 0 bridgehead atoms. The Morgan fingerprint density at radius 2 is 1.52 bits per heavy atom. The van der Waals surface area contributed by atoms with Crippen LogP contribution in [-0.4, -0.2) is 29.9 Å². The predicted octanol–water partition coefficient (Wildman–Crippen LogP) is 2.81. The standard InChI is InChI=1S/C16H12BrN3O3/c1-19(11-8-6-10(17)7-9-11)16(23)18-20-14(21)12-4-2-3-5-13(12)15(20)22/h2-9H,1H3,(H,18,23). The first-order valence-corrected chi connectivity index (χ1v) is 7.56. The number of rotatable bonds is 2.